The smallest absolute Gasteiger partial charge is 0.241 e. The van der Waals surface area contributed by atoms with Crippen LogP contribution in [-0.4, -0.2) is 17.9 Å². The number of aromatic nitrogens is 1. The number of rotatable bonds is 3. The monoisotopic (exact) mass is 185 g/mol. The molecule has 0 fully saturated rings. The minimum atomic E-state index is -0.455. The molecule has 0 aliphatic carbocycles. The molecule has 1 heterocycles. The van der Waals surface area contributed by atoms with Gasteiger partial charge in [-0.05, 0) is 14.0 Å². The number of nitrogens with two attached hydrogens (primary N) is 1. The third-order valence-corrected chi connectivity index (χ3v) is 2.48. The van der Waals surface area contributed by atoms with Crippen LogP contribution in [0, 0.1) is 6.92 Å². The molecule has 12 heavy (non-hydrogen) atoms. The van der Waals surface area contributed by atoms with Crippen LogP contribution in [0.3, 0.4) is 0 Å². The molecule has 66 valence electrons. The number of carbonyl (C=O) groups is 1. The molecule has 1 aromatic heterocycles. The van der Waals surface area contributed by atoms with Crippen molar-refractivity contribution in [3.8, 4) is 0 Å². The predicted octanol–water partition coefficient (Wildman–Crippen LogP) is 0.197. The number of primary amides is 1. The first-order valence-corrected chi connectivity index (χ1v) is 4.41. The number of nitrogens with one attached hydrogen (secondary N) is 1. The number of hydrogen-bond acceptors (Lipinski definition) is 4. The molecule has 5 heteroatoms. The Balaban J connectivity index is 2.87. The van der Waals surface area contributed by atoms with Crippen LogP contribution in [0.1, 0.15) is 16.7 Å². The molecule has 0 saturated carbocycles. The lowest BCUT2D eigenvalue weighted by Gasteiger charge is -2.07. The standard InChI is InChI=1S/C7H11N3OS/c1-4-3-12-7(10-4)5(9-2)6(8)11/h3,5,9H,1-2H3,(H2,8,11). The molecule has 1 atom stereocenters. The van der Waals surface area contributed by atoms with Gasteiger partial charge in [0.15, 0.2) is 0 Å². The van der Waals surface area contributed by atoms with E-state index < -0.39 is 11.9 Å². The summed E-state index contributed by atoms with van der Waals surface area (Å²) in [5.41, 5.74) is 6.07. The van der Waals surface area contributed by atoms with Gasteiger partial charge in [-0.15, -0.1) is 11.3 Å². The van der Waals surface area contributed by atoms with Gasteiger partial charge < -0.3 is 11.1 Å². The van der Waals surface area contributed by atoms with E-state index in [9.17, 15) is 4.79 Å². The third kappa shape index (κ3) is 1.80. The second kappa shape index (κ2) is 3.64. The lowest BCUT2D eigenvalue weighted by Crippen LogP contribution is -2.31. The van der Waals surface area contributed by atoms with E-state index in [0.29, 0.717) is 0 Å². The molecule has 1 amide bonds. The SMILES string of the molecule is CNC(C(N)=O)c1nc(C)cs1. The van der Waals surface area contributed by atoms with Crippen molar-refractivity contribution in [2.45, 2.75) is 13.0 Å². The molecule has 1 rings (SSSR count). The molecular formula is C7H11N3OS. The summed E-state index contributed by atoms with van der Waals surface area (Å²) in [7, 11) is 1.69. The average molecular weight is 185 g/mol. The van der Waals surface area contributed by atoms with Crippen LogP contribution >= 0.6 is 11.3 Å². The van der Waals surface area contributed by atoms with Crippen molar-refractivity contribution in [1.29, 1.82) is 0 Å². The second-order valence-corrected chi connectivity index (χ2v) is 3.34. The highest BCUT2D eigenvalue weighted by atomic mass is 32.1. The van der Waals surface area contributed by atoms with Crippen molar-refractivity contribution in [2.75, 3.05) is 7.05 Å². The lowest BCUT2D eigenvalue weighted by atomic mass is 10.3. The van der Waals surface area contributed by atoms with Gasteiger partial charge in [-0.1, -0.05) is 0 Å². The Morgan fingerprint density at radius 3 is 2.83 bits per heavy atom. The topological polar surface area (TPSA) is 68.0 Å². The fraction of sp³-hybridized carbons (Fsp3) is 0.429. The van der Waals surface area contributed by atoms with Crippen LogP contribution in [0.25, 0.3) is 0 Å². The minimum absolute atomic E-state index is 0.396. The zero-order valence-corrected chi connectivity index (χ0v) is 7.81. The molecule has 0 aliphatic heterocycles. The summed E-state index contributed by atoms with van der Waals surface area (Å²) in [5, 5.41) is 5.42. The van der Waals surface area contributed by atoms with Crippen LogP contribution in [0.5, 0.6) is 0 Å². The Morgan fingerprint density at radius 1 is 1.83 bits per heavy atom. The molecule has 0 spiro atoms. The molecule has 4 nitrogen and oxygen atoms in total. The van der Waals surface area contributed by atoms with Crippen molar-refractivity contribution >= 4 is 17.2 Å². The van der Waals surface area contributed by atoms with E-state index in [4.69, 9.17) is 5.73 Å². The highest BCUT2D eigenvalue weighted by Crippen LogP contribution is 2.16. The van der Waals surface area contributed by atoms with E-state index in [1.807, 2.05) is 12.3 Å². The Morgan fingerprint density at radius 2 is 2.50 bits per heavy atom. The summed E-state index contributed by atoms with van der Waals surface area (Å²) in [6.07, 6.45) is 0. The van der Waals surface area contributed by atoms with E-state index in [1.165, 1.54) is 11.3 Å². The van der Waals surface area contributed by atoms with Crippen LogP contribution in [0.2, 0.25) is 0 Å². The molecule has 0 saturated heterocycles. The highest BCUT2D eigenvalue weighted by molar-refractivity contribution is 7.09. The van der Waals surface area contributed by atoms with Crippen molar-refractivity contribution in [3.63, 3.8) is 0 Å². The lowest BCUT2D eigenvalue weighted by molar-refractivity contribution is -0.120. The van der Waals surface area contributed by atoms with Crippen LogP contribution < -0.4 is 11.1 Å². The minimum Gasteiger partial charge on any atom is -0.368 e. The molecule has 0 aliphatic rings. The van der Waals surface area contributed by atoms with Gasteiger partial charge in [-0.25, -0.2) is 4.98 Å². The number of thiazole rings is 1. The Labute approximate surface area is 74.8 Å². The van der Waals surface area contributed by atoms with Crippen LogP contribution in [-0.2, 0) is 4.79 Å². The van der Waals surface area contributed by atoms with E-state index in [-0.39, 0.29) is 0 Å². The number of aryl methyl sites for hydroxylation is 1. The maximum Gasteiger partial charge on any atom is 0.241 e. The normalized spacial score (nSPS) is 12.8. The van der Waals surface area contributed by atoms with E-state index >= 15 is 0 Å². The second-order valence-electron chi connectivity index (χ2n) is 2.45. The summed E-state index contributed by atoms with van der Waals surface area (Å²) in [5.74, 6) is -0.396. The van der Waals surface area contributed by atoms with Gasteiger partial charge in [-0.3, -0.25) is 4.79 Å². The summed E-state index contributed by atoms with van der Waals surface area (Å²) in [6.45, 7) is 1.88. The third-order valence-electron chi connectivity index (χ3n) is 1.46. The maximum absolute atomic E-state index is 10.9. The first-order chi connectivity index (χ1) is 5.65. The molecule has 1 aromatic rings. The van der Waals surface area contributed by atoms with Gasteiger partial charge in [0.2, 0.25) is 5.91 Å². The maximum atomic E-state index is 10.9. The fourth-order valence-electron chi connectivity index (χ4n) is 0.892. The van der Waals surface area contributed by atoms with E-state index in [2.05, 4.69) is 10.3 Å². The van der Waals surface area contributed by atoms with Gasteiger partial charge in [0.1, 0.15) is 11.0 Å². The van der Waals surface area contributed by atoms with Crippen molar-refractivity contribution < 1.29 is 4.79 Å². The molecular weight excluding hydrogens is 174 g/mol. The number of nitrogens with zero attached hydrogens (tertiary/aromatic N) is 1. The van der Waals surface area contributed by atoms with Crippen molar-refractivity contribution in [3.05, 3.63) is 16.1 Å². The Kier molecular flexibility index (Phi) is 2.78. The van der Waals surface area contributed by atoms with Gasteiger partial charge in [0.05, 0.1) is 0 Å². The Hall–Kier alpha value is -0.940. The molecule has 0 aromatic carbocycles. The Bertz CT molecular complexity index is 284. The fourth-order valence-corrected chi connectivity index (χ4v) is 1.80. The van der Waals surface area contributed by atoms with Crippen LogP contribution in [0.15, 0.2) is 5.38 Å². The zero-order chi connectivity index (χ0) is 9.14. The largest absolute Gasteiger partial charge is 0.368 e. The zero-order valence-electron chi connectivity index (χ0n) is 7.00. The van der Waals surface area contributed by atoms with Crippen molar-refractivity contribution in [2.24, 2.45) is 5.73 Å². The highest BCUT2D eigenvalue weighted by Gasteiger charge is 2.17. The summed E-state index contributed by atoms with van der Waals surface area (Å²) in [6, 6.07) is -0.455. The predicted molar refractivity (Wildman–Crippen MR) is 47.8 cm³/mol. The molecule has 3 N–H and O–H groups in total. The molecule has 1 unspecified atom stereocenters. The number of hydrogen-bond donors (Lipinski definition) is 2. The number of amides is 1. The summed E-state index contributed by atoms with van der Waals surface area (Å²) < 4.78 is 0. The summed E-state index contributed by atoms with van der Waals surface area (Å²) >= 11 is 1.44. The average Bonchev–Trinajstić information content (AvgIpc) is 2.37. The quantitative estimate of drug-likeness (QED) is 0.706. The number of likely N-dealkylation sites (N-methyl/N-ethyl adjacent to an activating group) is 1. The van der Waals surface area contributed by atoms with Gasteiger partial charge >= 0.3 is 0 Å². The van der Waals surface area contributed by atoms with Crippen molar-refractivity contribution in [1.82, 2.24) is 10.3 Å². The van der Waals surface area contributed by atoms with Gasteiger partial charge in [-0.2, -0.15) is 0 Å². The van der Waals surface area contributed by atoms with E-state index in [0.717, 1.165) is 10.7 Å². The first kappa shape index (κ1) is 9.15. The first-order valence-electron chi connectivity index (χ1n) is 3.53. The number of carbonyl (C=O) groups excluding carboxylic acids is 1. The molecule has 0 bridgehead atoms. The van der Waals surface area contributed by atoms with Gasteiger partial charge in [0, 0.05) is 11.1 Å². The summed E-state index contributed by atoms with van der Waals surface area (Å²) in [4.78, 5) is 15.0. The van der Waals surface area contributed by atoms with E-state index in [1.54, 1.807) is 7.05 Å². The van der Waals surface area contributed by atoms with Crippen LogP contribution in [0.4, 0.5) is 0 Å². The molecule has 0 radical (unpaired) electrons. The van der Waals surface area contributed by atoms with Gasteiger partial charge in [0.25, 0.3) is 0 Å².